The number of fused-ring (bicyclic) bond motifs is 1. The molecule has 5 atom stereocenters. The second-order valence-electron chi connectivity index (χ2n) is 5.94. The molecule has 1 N–H and O–H groups in total. The first-order valence-corrected chi connectivity index (χ1v) is 6.51. The van der Waals surface area contributed by atoms with Crippen molar-refractivity contribution in [1.29, 1.82) is 0 Å². The molecule has 1 nitrogen and oxygen atoms in total. The first kappa shape index (κ1) is 11.9. The molecular formula is C15H24O. The predicted molar refractivity (Wildman–Crippen MR) is 68.1 cm³/mol. The summed E-state index contributed by atoms with van der Waals surface area (Å²) < 4.78 is 0. The molecule has 0 amide bonds. The van der Waals surface area contributed by atoms with Crippen LogP contribution in [0.2, 0.25) is 0 Å². The van der Waals surface area contributed by atoms with Gasteiger partial charge in [0.2, 0.25) is 0 Å². The molecule has 2 saturated carbocycles. The van der Waals surface area contributed by atoms with E-state index in [2.05, 4.69) is 27.0 Å². The van der Waals surface area contributed by atoms with Gasteiger partial charge in [0.15, 0.2) is 0 Å². The maximum Gasteiger partial charge on any atom is 0.0571 e. The number of hydrogen-bond acceptors (Lipinski definition) is 1. The van der Waals surface area contributed by atoms with E-state index in [9.17, 15) is 5.11 Å². The van der Waals surface area contributed by atoms with Crippen LogP contribution in [0, 0.1) is 23.7 Å². The minimum atomic E-state index is -0.123. The van der Waals surface area contributed by atoms with Crippen molar-refractivity contribution >= 4 is 0 Å². The van der Waals surface area contributed by atoms with E-state index in [1.807, 2.05) is 0 Å². The summed E-state index contributed by atoms with van der Waals surface area (Å²) in [6.45, 7) is 12.7. The van der Waals surface area contributed by atoms with Gasteiger partial charge in [0, 0.05) is 0 Å². The van der Waals surface area contributed by atoms with Gasteiger partial charge in [-0.3, -0.25) is 0 Å². The molecule has 0 aromatic carbocycles. The van der Waals surface area contributed by atoms with Crippen molar-refractivity contribution in [1.82, 2.24) is 0 Å². The van der Waals surface area contributed by atoms with E-state index < -0.39 is 0 Å². The molecular weight excluding hydrogens is 196 g/mol. The molecule has 2 aliphatic carbocycles. The van der Waals surface area contributed by atoms with Crippen molar-refractivity contribution < 1.29 is 5.11 Å². The lowest BCUT2D eigenvalue weighted by Gasteiger charge is -2.46. The molecule has 16 heavy (non-hydrogen) atoms. The van der Waals surface area contributed by atoms with E-state index in [0.717, 1.165) is 19.3 Å². The van der Waals surface area contributed by atoms with Crippen LogP contribution in [0.1, 0.15) is 39.5 Å². The summed E-state index contributed by atoms with van der Waals surface area (Å²) in [6, 6.07) is 0. The number of aliphatic hydroxyl groups is 1. The number of hydrogen-bond donors (Lipinski definition) is 1. The minimum Gasteiger partial charge on any atom is -0.393 e. The molecule has 2 fully saturated rings. The second kappa shape index (κ2) is 4.37. The molecule has 0 aliphatic heterocycles. The molecule has 0 radical (unpaired) electrons. The average molecular weight is 220 g/mol. The Morgan fingerprint density at radius 3 is 2.69 bits per heavy atom. The number of rotatable bonds is 1. The Bertz CT molecular complexity index is 305. The lowest BCUT2D eigenvalue weighted by Crippen LogP contribution is -2.40. The van der Waals surface area contributed by atoms with E-state index >= 15 is 0 Å². The quantitative estimate of drug-likeness (QED) is 0.670. The van der Waals surface area contributed by atoms with Crippen LogP contribution < -0.4 is 0 Å². The van der Waals surface area contributed by atoms with Gasteiger partial charge in [0.1, 0.15) is 0 Å². The first-order valence-electron chi connectivity index (χ1n) is 6.51. The predicted octanol–water partition coefficient (Wildman–Crippen LogP) is 3.55. The molecule has 90 valence electrons. The van der Waals surface area contributed by atoms with Crippen molar-refractivity contribution in [2.24, 2.45) is 23.7 Å². The van der Waals surface area contributed by atoms with Crippen LogP contribution in [-0.4, -0.2) is 11.2 Å². The fraction of sp³-hybridized carbons (Fsp3) is 0.733. The second-order valence-corrected chi connectivity index (χ2v) is 5.94. The van der Waals surface area contributed by atoms with Crippen molar-refractivity contribution in [3.8, 4) is 0 Å². The SMILES string of the molecule is C=C(C)[C@@H]1CCC(=C)[C@@H]2C[C@H](O)[C@@H](C)C[C@@H]12. The van der Waals surface area contributed by atoms with Gasteiger partial charge in [-0.1, -0.05) is 31.2 Å². The Balaban J connectivity index is 2.20. The molecule has 0 saturated heterocycles. The van der Waals surface area contributed by atoms with E-state index in [1.54, 1.807) is 0 Å². The third kappa shape index (κ3) is 1.98. The zero-order valence-corrected chi connectivity index (χ0v) is 10.6. The fourth-order valence-corrected chi connectivity index (χ4v) is 3.68. The summed E-state index contributed by atoms with van der Waals surface area (Å²) in [7, 11) is 0. The third-order valence-electron chi connectivity index (χ3n) is 4.76. The van der Waals surface area contributed by atoms with Gasteiger partial charge in [-0.2, -0.15) is 0 Å². The molecule has 0 spiro atoms. The third-order valence-corrected chi connectivity index (χ3v) is 4.76. The summed E-state index contributed by atoms with van der Waals surface area (Å²) in [5.41, 5.74) is 2.69. The summed E-state index contributed by atoms with van der Waals surface area (Å²) >= 11 is 0. The Hall–Kier alpha value is -0.560. The van der Waals surface area contributed by atoms with Crippen LogP contribution in [-0.2, 0) is 0 Å². The Morgan fingerprint density at radius 2 is 2.06 bits per heavy atom. The van der Waals surface area contributed by atoms with E-state index in [1.165, 1.54) is 17.6 Å². The highest BCUT2D eigenvalue weighted by Gasteiger charge is 2.41. The van der Waals surface area contributed by atoms with Gasteiger partial charge < -0.3 is 5.11 Å². The van der Waals surface area contributed by atoms with E-state index in [-0.39, 0.29) is 6.10 Å². The minimum absolute atomic E-state index is 0.123. The lowest BCUT2D eigenvalue weighted by molar-refractivity contribution is 0.0103. The van der Waals surface area contributed by atoms with Gasteiger partial charge in [0.25, 0.3) is 0 Å². The standard InChI is InChI=1S/C15H24O/c1-9(2)12-6-5-10(3)13-8-15(16)11(4)7-14(12)13/h11-16H,1,3,5-8H2,2,4H3/t11-,12-,13-,14-,15-/m0/s1. The monoisotopic (exact) mass is 220 g/mol. The highest BCUT2D eigenvalue weighted by Crippen LogP contribution is 2.49. The molecule has 1 heteroatoms. The van der Waals surface area contributed by atoms with Crippen LogP contribution >= 0.6 is 0 Å². The van der Waals surface area contributed by atoms with Crippen molar-refractivity contribution in [2.75, 3.05) is 0 Å². The van der Waals surface area contributed by atoms with Crippen LogP contribution in [0.5, 0.6) is 0 Å². The van der Waals surface area contributed by atoms with Crippen molar-refractivity contribution in [2.45, 2.75) is 45.6 Å². The highest BCUT2D eigenvalue weighted by molar-refractivity contribution is 5.16. The highest BCUT2D eigenvalue weighted by atomic mass is 16.3. The molecule has 0 heterocycles. The largest absolute Gasteiger partial charge is 0.393 e. The van der Waals surface area contributed by atoms with Crippen molar-refractivity contribution in [3.63, 3.8) is 0 Å². The van der Waals surface area contributed by atoms with E-state index in [4.69, 9.17) is 0 Å². The van der Waals surface area contributed by atoms with Crippen LogP contribution in [0.4, 0.5) is 0 Å². The number of aliphatic hydroxyl groups excluding tert-OH is 1. The molecule has 0 bridgehead atoms. The number of allylic oxidation sites excluding steroid dienone is 2. The van der Waals surface area contributed by atoms with Crippen LogP contribution in [0.15, 0.2) is 24.3 Å². The zero-order chi connectivity index (χ0) is 11.9. The Kier molecular flexibility index (Phi) is 3.25. The van der Waals surface area contributed by atoms with Gasteiger partial charge in [-0.15, -0.1) is 0 Å². The molecule has 2 rings (SSSR count). The summed E-state index contributed by atoms with van der Waals surface area (Å²) in [5, 5.41) is 10.00. The molecule has 0 aromatic heterocycles. The topological polar surface area (TPSA) is 20.2 Å². The first-order chi connectivity index (χ1) is 7.50. The Morgan fingerprint density at radius 1 is 1.38 bits per heavy atom. The fourth-order valence-electron chi connectivity index (χ4n) is 3.68. The Labute approximate surface area is 99.3 Å². The normalized spacial score (nSPS) is 43.9. The van der Waals surface area contributed by atoms with Crippen LogP contribution in [0.25, 0.3) is 0 Å². The maximum atomic E-state index is 10.00. The molecule has 2 aliphatic rings. The molecule has 0 unspecified atom stereocenters. The lowest BCUT2D eigenvalue weighted by atomic mass is 9.59. The average Bonchev–Trinajstić information content (AvgIpc) is 2.21. The molecule has 0 aromatic rings. The summed E-state index contributed by atoms with van der Waals surface area (Å²) in [5.74, 6) is 2.33. The van der Waals surface area contributed by atoms with Crippen molar-refractivity contribution in [3.05, 3.63) is 24.3 Å². The summed E-state index contributed by atoms with van der Waals surface area (Å²) in [6.07, 6.45) is 4.29. The van der Waals surface area contributed by atoms with Gasteiger partial charge in [-0.05, 0) is 56.3 Å². The maximum absolute atomic E-state index is 10.00. The zero-order valence-electron chi connectivity index (χ0n) is 10.6. The van der Waals surface area contributed by atoms with Crippen LogP contribution in [0.3, 0.4) is 0 Å². The van der Waals surface area contributed by atoms with E-state index in [0.29, 0.717) is 23.7 Å². The van der Waals surface area contributed by atoms with Gasteiger partial charge >= 0.3 is 0 Å². The van der Waals surface area contributed by atoms with Gasteiger partial charge in [-0.25, -0.2) is 0 Å². The smallest absolute Gasteiger partial charge is 0.0571 e. The summed E-state index contributed by atoms with van der Waals surface area (Å²) in [4.78, 5) is 0. The van der Waals surface area contributed by atoms with Gasteiger partial charge in [0.05, 0.1) is 6.10 Å².